The Morgan fingerprint density at radius 2 is 1.88 bits per heavy atom. The summed E-state index contributed by atoms with van der Waals surface area (Å²) in [6.45, 7) is 4.40. The van der Waals surface area contributed by atoms with E-state index in [0.29, 0.717) is 42.7 Å². The molecule has 2 aliphatic rings. The van der Waals surface area contributed by atoms with Gasteiger partial charge < -0.3 is 25.2 Å². The molecule has 8 nitrogen and oxygen atoms in total. The first-order chi connectivity index (χ1) is 15.9. The van der Waals surface area contributed by atoms with Crippen LogP contribution in [0.1, 0.15) is 13.3 Å². The first kappa shape index (κ1) is 22.8. The molecule has 0 aromatic heterocycles. The molecule has 2 heterocycles. The van der Waals surface area contributed by atoms with E-state index in [4.69, 9.17) is 17.0 Å². The second kappa shape index (κ2) is 10.0. The lowest BCUT2D eigenvalue weighted by Gasteiger charge is -2.37. The molecule has 2 N–H and O–H groups in total. The number of carbonyl (C=O) groups excluding carboxylic acids is 2. The van der Waals surface area contributed by atoms with E-state index in [1.165, 1.54) is 11.0 Å². The van der Waals surface area contributed by atoms with Gasteiger partial charge in [0.05, 0.1) is 17.9 Å². The number of nitrogens with zero attached hydrogens (tertiary/aromatic N) is 3. The molecule has 2 aliphatic heterocycles. The highest BCUT2D eigenvalue weighted by atomic mass is 32.1. The number of nitrogens with one attached hydrogen (secondary N) is 2. The quantitative estimate of drug-likeness (QED) is 0.649. The highest BCUT2D eigenvalue weighted by molar-refractivity contribution is 7.80. The summed E-state index contributed by atoms with van der Waals surface area (Å²) in [4.78, 5) is 29.1. The topological polar surface area (TPSA) is 77.2 Å². The van der Waals surface area contributed by atoms with Crippen LogP contribution >= 0.6 is 12.2 Å². The Balaban J connectivity index is 1.35. The van der Waals surface area contributed by atoms with E-state index in [1.807, 2.05) is 35.2 Å². The Morgan fingerprint density at radius 3 is 2.55 bits per heavy atom. The largest absolute Gasteiger partial charge is 0.423 e. The SMILES string of the molecule is CCC(=O)NC1CN(c2ccc(N3CCN(C(=S)Nc4ccccc4)CC3)c(F)c2)C(=O)O1. The number of ether oxygens (including phenoxy) is 1. The molecule has 1 unspecified atom stereocenters. The van der Waals surface area contributed by atoms with Crippen LogP contribution in [0.4, 0.5) is 26.2 Å². The molecule has 2 saturated heterocycles. The van der Waals surface area contributed by atoms with Gasteiger partial charge in [0, 0.05) is 38.3 Å². The van der Waals surface area contributed by atoms with Crippen molar-refractivity contribution in [2.24, 2.45) is 0 Å². The number of thiocarbonyl (C=S) groups is 1. The van der Waals surface area contributed by atoms with E-state index in [9.17, 15) is 14.0 Å². The summed E-state index contributed by atoms with van der Waals surface area (Å²) < 4.78 is 20.1. The molecule has 33 heavy (non-hydrogen) atoms. The molecule has 0 saturated carbocycles. The third-order valence-electron chi connectivity index (χ3n) is 5.63. The minimum absolute atomic E-state index is 0.133. The lowest BCUT2D eigenvalue weighted by Crippen LogP contribution is -2.50. The van der Waals surface area contributed by atoms with Gasteiger partial charge in [-0.1, -0.05) is 25.1 Å². The van der Waals surface area contributed by atoms with Crippen molar-refractivity contribution in [2.45, 2.75) is 19.6 Å². The van der Waals surface area contributed by atoms with Crippen LogP contribution in [0.2, 0.25) is 0 Å². The number of rotatable bonds is 5. The number of amides is 2. The lowest BCUT2D eigenvalue weighted by molar-refractivity contribution is -0.123. The molecule has 4 rings (SSSR count). The van der Waals surface area contributed by atoms with Gasteiger partial charge in [-0.05, 0) is 42.5 Å². The Kier molecular flexibility index (Phi) is 6.93. The zero-order valence-electron chi connectivity index (χ0n) is 18.3. The van der Waals surface area contributed by atoms with Crippen molar-refractivity contribution < 1.29 is 18.7 Å². The normalized spacial score (nSPS) is 18.2. The van der Waals surface area contributed by atoms with Crippen LogP contribution in [0.15, 0.2) is 48.5 Å². The number of carbonyl (C=O) groups is 2. The Hall–Kier alpha value is -3.40. The van der Waals surface area contributed by atoms with Gasteiger partial charge in [0.15, 0.2) is 11.3 Å². The average molecular weight is 472 g/mol. The zero-order valence-corrected chi connectivity index (χ0v) is 19.1. The summed E-state index contributed by atoms with van der Waals surface area (Å²) in [5.74, 6) is -0.631. The minimum Gasteiger partial charge on any atom is -0.423 e. The maximum Gasteiger partial charge on any atom is 0.416 e. The van der Waals surface area contributed by atoms with E-state index in [-0.39, 0.29) is 18.9 Å². The van der Waals surface area contributed by atoms with Gasteiger partial charge in [0.25, 0.3) is 0 Å². The van der Waals surface area contributed by atoms with Crippen molar-refractivity contribution in [3.05, 3.63) is 54.3 Å². The molecule has 0 bridgehead atoms. The Morgan fingerprint density at radius 1 is 1.15 bits per heavy atom. The molecule has 0 radical (unpaired) electrons. The standard InChI is InChI=1S/C23H26FN5O3S/c1-2-20(30)26-21-15-29(23(31)32-21)17-8-9-19(18(24)14-17)27-10-12-28(13-11-27)22(33)25-16-6-4-3-5-7-16/h3-9,14,21H,2,10-13,15H2,1H3,(H,25,33)(H,26,30). The molecule has 2 amide bonds. The fourth-order valence-electron chi connectivity index (χ4n) is 3.83. The zero-order chi connectivity index (χ0) is 23.4. The van der Waals surface area contributed by atoms with Gasteiger partial charge in [0.1, 0.15) is 5.82 Å². The number of piperazine rings is 1. The van der Waals surface area contributed by atoms with Gasteiger partial charge in [-0.3, -0.25) is 9.69 Å². The van der Waals surface area contributed by atoms with Crippen molar-refractivity contribution in [1.29, 1.82) is 0 Å². The second-order valence-corrected chi connectivity index (χ2v) is 8.20. The highest BCUT2D eigenvalue weighted by Crippen LogP contribution is 2.28. The van der Waals surface area contributed by atoms with Crippen molar-refractivity contribution in [1.82, 2.24) is 10.2 Å². The van der Waals surface area contributed by atoms with Crippen LogP contribution < -0.4 is 20.4 Å². The van der Waals surface area contributed by atoms with Gasteiger partial charge in [0.2, 0.25) is 5.91 Å². The molecular weight excluding hydrogens is 445 g/mol. The fraction of sp³-hybridized carbons (Fsp3) is 0.348. The van der Waals surface area contributed by atoms with Gasteiger partial charge in [-0.25, -0.2) is 9.18 Å². The molecule has 2 aromatic rings. The summed E-state index contributed by atoms with van der Waals surface area (Å²) in [5.41, 5.74) is 1.80. The minimum atomic E-state index is -0.742. The number of cyclic esters (lactones) is 1. The number of hydrogen-bond donors (Lipinski definition) is 2. The van der Waals surface area contributed by atoms with Crippen molar-refractivity contribution in [2.75, 3.05) is 47.8 Å². The summed E-state index contributed by atoms with van der Waals surface area (Å²) in [7, 11) is 0. The second-order valence-electron chi connectivity index (χ2n) is 7.81. The Labute approximate surface area is 197 Å². The molecule has 0 spiro atoms. The van der Waals surface area contributed by atoms with E-state index >= 15 is 0 Å². The van der Waals surface area contributed by atoms with E-state index < -0.39 is 18.1 Å². The molecule has 174 valence electrons. The third kappa shape index (κ3) is 5.33. The van der Waals surface area contributed by atoms with Crippen molar-refractivity contribution in [3.63, 3.8) is 0 Å². The fourth-order valence-corrected chi connectivity index (χ4v) is 4.13. The van der Waals surface area contributed by atoms with Crippen LogP contribution in [-0.4, -0.2) is 61.0 Å². The maximum absolute atomic E-state index is 15.0. The van der Waals surface area contributed by atoms with Crippen LogP contribution in [0, 0.1) is 5.82 Å². The lowest BCUT2D eigenvalue weighted by atomic mass is 10.2. The smallest absolute Gasteiger partial charge is 0.416 e. The van der Waals surface area contributed by atoms with Crippen LogP contribution in [0.3, 0.4) is 0 Å². The number of halogens is 1. The van der Waals surface area contributed by atoms with E-state index in [1.54, 1.807) is 19.1 Å². The summed E-state index contributed by atoms with van der Waals surface area (Å²) >= 11 is 5.52. The summed E-state index contributed by atoms with van der Waals surface area (Å²) in [6, 6.07) is 14.4. The average Bonchev–Trinajstić information content (AvgIpc) is 3.19. The monoisotopic (exact) mass is 471 g/mol. The van der Waals surface area contributed by atoms with Gasteiger partial charge in [-0.15, -0.1) is 0 Å². The van der Waals surface area contributed by atoms with Crippen LogP contribution in [0.5, 0.6) is 0 Å². The summed E-state index contributed by atoms with van der Waals surface area (Å²) in [6.07, 6.45) is -1.07. The van der Waals surface area contributed by atoms with E-state index in [2.05, 4.69) is 15.5 Å². The molecule has 2 fully saturated rings. The van der Waals surface area contributed by atoms with Crippen LogP contribution in [-0.2, 0) is 9.53 Å². The molecular formula is C23H26FN5O3S. The van der Waals surface area contributed by atoms with Gasteiger partial charge >= 0.3 is 6.09 Å². The van der Waals surface area contributed by atoms with Crippen molar-refractivity contribution in [3.8, 4) is 0 Å². The predicted octanol–water partition coefficient (Wildman–Crippen LogP) is 3.15. The third-order valence-corrected chi connectivity index (χ3v) is 5.99. The van der Waals surface area contributed by atoms with Crippen LogP contribution in [0.25, 0.3) is 0 Å². The van der Waals surface area contributed by atoms with Crippen molar-refractivity contribution >= 4 is 46.4 Å². The molecule has 2 aromatic carbocycles. The number of para-hydroxylation sites is 1. The number of anilines is 3. The first-order valence-corrected chi connectivity index (χ1v) is 11.3. The number of benzene rings is 2. The molecule has 10 heteroatoms. The van der Waals surface area contributed by atoms with Gasteiger partial charge in [-0.2, -0.15) is 0 Å². The maximum atomic E-state index is 15.0. The highest BCUT2D eigenvalue weighted by Gasteiger charge is 2.33. The summed E-state index contributed by atoms with van der Waals surface area (Å²) in [5, 5.41) is 6.49. The number of hydrogen-bond acceptors (Lipinski definition) is 5. The first-order valence-electron chi connectivity index (χ1n) is 10.9. The van der Waals surface area contributed by atoms with E-state index in [0.717, 1.165) is 5.69 Å². The molecule has 1 atom stereocenters. The molecule has 0 aliphatic carbocycles. The predicted molar refractivity (Wildman–Crippen MR) is 129 cm³/mol. The Bertz CT molecular complexity index is 1030.